The van der Waals surface area contributed by atoms with Gasteiger partial charge in [-0.15, -0.1) is 0 Å². The summed E-state index contributed by atoms with van der Waals surface area (Å²) < 4.78 is 16.0. The van der Waals surface area contributed by atoms with Crippen molar-refractivity contribution in [1.82, 2.24) is 5.43 Å². The van der Waals surface area contributed by atoms with E-state index in [1.165, 1.54) is 37.6 Å². The van der Waals surface area contributed by atoms with Crippen LogP contribution in [0.5, 0.6) is 17.2 Å². The van der Waals surface area contributed by atoms with Crippen molar-refractivity contribution in [2.24, 2.45) is 5.10 Å². The van der Waals surface area contributed by atoms with E-state index in [1.807, 2.05) is 0 Å². The number of carbonyl (C=O) groups excluding carboxylic acids is 2. The Morgan fingerprint density at radius 2 is 1.74 bits per heavy atom. The molecule has 0 atom stereocenters. The number of ether oxygens (including phenoxy) is 3. The van der Waals surface area contributed by atoms with Crippen molar-refractivity contribution in [3.8, 4) is 17.2 Å². The summed E-state index contributed by atoms with van der Waals surface area (Å²) >= 11 is 23.8. The standard InChI is InChI=1S/C23H16Cl4N2O5/c1-32-20-9-13(5-8-18(20)34-23(31)15-7-6-14(24)10-17(15)26)11-28-29-21(30)12-33-19-4-2-3-16(25)22(19)27/h2-11H,12H2,1H3,(H,29,30)/b28-11+. The first kappa shape index (κ1) is 25.6. The zero-order valence-electron chi connectivity index (χ0n) is 17.5. The lowest BCUT2D eigenvalue weighted by Crippen LogP contribution is -2.24. The van der Waals surface area contributed by atoms with Crippen LogP contribution < -0.4 is 19.6 Å². The molecule has 3 aromatic carbocycles. The number of esters is 1. The number of amides is 1. The topological polar surface area (TPSA) is 86.2 Å². The number of methoxy groups -OCH3 is 1. The molecule has 3 rings (SSSR count). The van der Waals surface area contributed by atoms with E-state index in [4.69, 9.17) is 60.6 Å². The van der Waals surface area contributed by atoms with Crippen molar-refractivity contribution in [1.29, 1.82) is 0 Å². The number of nitrogens with zero attached hydrogens (tertiary/aromatic N) is 1. The second-order valence-corrected chi connectivity index (χ2v) is 8.19. The van der Waals surface area contributed by atoms with Crippen LogP contribution in [-0.2, 0) is 4.79 Å². The minimum absolute atomic E-state index is 0.155. The Hall–Kier alpha value is -2.97. The Labute approximate surface area is 215 Å². The number of hydrazone groups is 1. The van der Waals surface area contributed by atoms with Crippen LogP contribution in [0.4, 0.5) is 0 Å². The molecule has 0 aliphatic rings. The van der Waals surface area contributed by atoms with Crippen molar-refractivity contribution >= 4 is 64.5 Å². The van der Waals surface area contributed by atoms with Crippen LogP contribution in [-0.4, -0.2) is 31.8 Å². The molecular formula is C23H16Cl4N2O5. The van der Waals surface area contributed by atoms with Gasteiger partial charge in [0.1, 0.15) is 10.8 Å². The highest BCUT2D eigenvalue weighted by Crippen LogP contribution is 2.31. The average molecular weight is 542 g/mol. The second kappa shape index (κ2) is 11.9. The Bertz CT molecular complexity index is 1250. The predicted molar refractivity (Wildman–Crippen MR) is 132 cm³/mol. The van der Waals surface area contributed by atoms with Gasteiger partial charge < -0.3 is 14.2 Å². The third-order valence-corrected chi connectivity index (χ3v) is 5.57. The molecule has 0 unspecified atom stereocenters. The molecule has 0 aliphatic carbocycles. The minimum atomic E-state index is -0.673. The van der Waals surface area contributed by atoms with Gasteiger partial charge in [-0.1, -0.05) is 52.5 Å². The van der Waals surface area contributed by atoms with E-state index >= 15 is 0 Å². The summed E-state index contributed by atoms with van der Waals surface area (Å²) in [7, 11) is 1.42. The molecule has 0 saturated heterocycles. The van der Waals surface area contributed by atoms with Gasteiger partial charge in [-0.3, -0.25) is 4.79 Å². The molecule has 11 heteroatoms. The molecule has 7 nitrogen and oxygen atoms in total. The van der Waals surface area contributed by atoms with Crippen molar-refractivity contribution in [3.63, 3.8) is 0 Å². The molecule has 0 aromatic heterocycles. The highest BCUT2D eigenvalue weighted by molar-refractivity contribution is 6.43. The number of benzene rings is 3. The number of rotatable bonds is 8. The maximum absolute atomic E-state index is 12.4. The van der Waals surface area contributed by atoms with E-state index in [2.05, 4.69) is 10.5 Å². The quantitative estimate of drug-likeness (QED) is 0.162. The number of hydrogen-bond donors (Lipinski definition) is 1. The van der Waals surface area contributed by atoms with Gasteiger partial charge in [-0.2, -0.15) is 5.10 Å². The van der Waals surface area contributed by atoms with Crippen molar-refractivity contribution in [3.05, 3.63) is 85.8 Å². The van der Waals surface area contributed by atoms with E-state index in [-0.39, 0.29) is 39.5 Å². The predicted octanol–water partition coefficient (Wildman–Crippen LogP) is 6.06. The summed E-state index contributed by atoms with van der Waals surface area (Å²) in [5.74, 6) is -0.458. The SMILES string of the molecule is COc1cc(/C=N/NC(=O)COc2cccc(Cl)c2Cl)ccc1OC(=O)c1ccc(Cl)cc1Cl. The van der Waals surface area contributed by atoms with E-state index < -0.39 is 11.9 Å². The molecule has 0 spiro atoms. The van der Waals surface area contributed by atoms with Crippen LogP contribution in [0.15, 0.2) is 59.7 Å². The highest BCUT2D eigenvalue weighted by Gasteiger charge is 2.16. The Kier molecular flexibility index (Phi) is 9.01. The van der Waals surface area contributed by atoms with Crippen LogP contribution in [0.1, 0.15) is 15.9 Å². The fourth-order valence-electron chi connectivity index (χ4n) is 2.61. The number of nitrogens with one attached hydrogen (secondary N) is 1. The van der Waals surface area contributed by atoms with Gasteiger partial charge in [-0.05, 0) is 54.1 Å². The Morgan fingerprint density at radius 3 is 2.47 bits per heavy atom. The van der Waals surface area contributed by atoms with E-state index in [1.54, 1.807) is 30.3 Å². The lowest BCUT2D eigenvalue weighted by molar-refractivity contribution is -0.123. The van der Waals surface area contributed by atoms with Gasteiger partial charge >= 0.3 is 5.97 Å². The highest BCUT2D eigenvalue weighted by atomic mass is 35.5. The van der Waals surface area contributed by atoms with E-state index in [0.717, 1.165) is 0 Å². The molecule has 1 N–H and O–H groups in total. The van der Waals surface area contributed by atoms with Gasteiger partial charge in [0.15, 0.2) is 18.1 Å². The second-order valence-electron chi connectivity index (χ2n) is 6.56. The average Bonchev–Trinajstić information content (AvgIpc) is 2.80. The lowest BCUT2D eigenvalue weighted by atomic mass is 10.2. The zero-order chi connectivity index (χ0) is 24.7. The molecule has 34 heavy (non-hydrogen) atoms. The van der Waals surface area contributed by atoms with Crippen LogP contribution in [0.3, 0.4) is 0 Å². The van der Waals surface area contributed by atoms with E-state index in [0.29, 0.717) is 15.6 Å². The Morgan fingerprint density at radius 1 is 0.941 bits per heavy atom. The summed E-state index contributed by atoms with van der Waals surface area (Å²) in [5.41, 5.74) is 3.05. The molecule has 0 radical (unpaired) electrons. The monoisotopic (exact) mass is 540 g/mol. The fraction of sp³-hybridized carbons (Fsp3) is 0.0870. The Balaban J connectivity index is 1.59. The van der Waals surface area contributed by atoms with Crippen LogP contribution in [0.25, 0.3) is 0 Å². The van der Waals surface area contributed by atoms with Crippen molar-refractivity contribution < 1.29 is 23.8 Å². The van der Waals surface area contributed by atoms with Gasteiger partial charge in [0, 0.05) is 5.02 Å². The van der Waals surface area contributed by atoms with Crippen LogP contribution >= 0.6 is 46.4 Å². The first-order valence-corrected chi connectivity index (χ1v) is 11.0. The third-order valence-electron chi connectivity index (χ3n) is 4.22. The lowest BCUT2D eigenvalue weighted by Gasteiger charge is -2.11. The van der Waals surface area contributed by atoms with Crippen molar-refractivity contribution in [2.45, 2.75) is 0 Å². The molecule has 1 amide bonds. The zero-order valence-corrected chi connectivity index (χ0v) is 20.5. The van der Waals surface area contributed by atoms with Gasteiger partial charge in [-0.25, -0.2) is 10.2 Å². The smallest absolute Gasteiger partial charge is 0.345 e. The van der Waals surface area contributed by atoms with Gasteiger partial charge in [0.2, 0.25) is 0 Å². The molecule has 3 aromatic rings. The number of halogens is 4. The summed E-state index contributed by atoms with van der Waals surface area (Å²) in [5, 5.41) is 4.96. The van der Waals surface area contributed by atoms with Crippen molar-refractivity contribution in [2.75, 3.05) is 13.7 Å². The number of carbonyl (C=O) groups is 2. The number of hydrogen-bond acceptors (Lipinski definition) is 6. The van der Waals surface area contributed by atoms with Crippen LogP contribution in [0.2, 0.25) is 20.1 Å². The first-order chi connectivity index (χ1) is 16.3. The van der Waals surface area contributed by atoms with Crippen LogP contribution in [0, 0.1) is 0 Å². The summed E-state index contributed by atoms with van der Waals surface area (Å²) in [6, 6.07) is 14.0. The largest absolute Gasteiger partial charge is 0.493 e. The summed E-state index contributed by atoms with van der Waals surface area (Å²) in [4.78, 5) is 24.4. The fourth-order valence-corrected chi connectivity index (χ4v) is 3.44. The van der Waals surface area contributed by atoms with E-state index in [9.17, 15) is 9.59 Å². The van der Waals surface area contributed by atoms with Gasteiger partial charge in [0.25, 0.3) is 5.91 Å². The molecule has 0 aliphatic heterocycles. The molecule has 0 bridgehead atoms. The minimum Gasteiger partial charge on any atom is -0.493 e. The molecule has 0 fully saturated rings. The molecule has 0 saturated carbocycles. The first-order valence-electron chi connectivity index (χ1n) is 9.52. The normalized spacial score (nSPS) is 10.7. The summed E-state index contributed by atoms with van der Waals surface area (Å²) in [6.45, 7) is -0.317. The molecule has 176 valence electrons. The third kappa shape index (κ3) is 6.77. The molecule has 0 heterocycles. The molecular weight excluding hydrogens is 526 g/mol. The maximum atomic E-state index is 12.4. The maximum Gasteiger partial charge on any atom is 0.345 e. The van der Waals surface area contributed by atoms with Gasteiger partial charge in [0.05, 0.1) is 28.9 Å². The summed E-state index contributed by atoms with van der Waals surface area (Å²) in [6.07, 6.45) is 1.38.